The molecule has 0 aliphatic heterocycles. The third-order valence-electron chi connectivity index (χ3n) is 3.49. The summed E-state index contributed by atoms with van der Waals surface area (Å²) in [6.45, 7) is 2.24. The summed E-state index contributed by atoms with van der Waals surface area (Å²) in [6, 6.07) is 0. The Balaban J connectivity index is 2.36. The molecule has 0 unspecified atom stereocenters. The van der Waals surface area contributed by atoms with Crippen molar-refractivity contribution in [1.29, 1.82) is 0 Å². The maximum atomic E-state index is 11.9. The molecule has 1 rings (SSSR count). The highest BCUT2D eigenvalue weighted by molar-refractivity contribution is 7.89. The first-order valence-electron chi connectivity index (χ1n) is 6.52. The standard InChI is InChI=1S/C12H23NO4S/c1-12(7-3-2-4-8-12)10-18(16,17)13-9-5-6-11(14)15/h13H,2-10H2,1H3,(H,14,15). The predicted molar refractivity (Wildman–Crippen MR) is 69.9 cm³/mol. The summed E-state index contributed by atoms with van der Waals surface area (Å²) in [5, 5.41) is 8.47. The molecule has 0 heterocycles. The van der Waals surface area contributed by atoms with Crippen molar-refractivity contribution in [3.05, 3.63) is 0 Å². The van der Waals surface area contributed by atoms with E-state index < -0.39 is 16.0 Å². The van der Waals surface area contributed by atoms with Crippen LogP contribution in [0.1, 0.15) is 51.9 Å². The topological polar surface area (TPSA) is 83.5 Å². The van der Waals surface area contributed by atoms with Gasteiger partial charge in [0.1, 0.15) is 0 Å². The molecule has 0 aromatic rings. The summed E-state index contributed by atoms with van der Waals surface area (Å²) in [4.78, 5) is 10.3. The number of rotatable bonds is 7. The molecular weight excluding hydrogens is 254 g/mol. The molecule has 0 aromatic carbocycles. The monoisotopic (exact) mass is 277 g/mol. The summed E-state index contributed by atoms with van der Waals surface area (Å²) < 4.78 is 26.3. The molecule has 5 nitrogen and oxygen atoms in total. The Morgan fingerprint density at radius 1 is 1.28 bits per heavy atom. The molecular formula is C12H23NO4S. The van der Waals surface area contributed by atoms with Crippen LogP contribution in [0.5, 0.6) is 0 Å². The zero-order valence-corrected chi connectivity index (χ0v) is 11.8. The van der Waals surface area contributed by atoms with Crippen LogP contribution in [0.25, 0.3) is 0 Å². The predicted octanol–water partition coefficient (Wildman–Crippen LogP) is 1.74. The van der Waals surface area contributed by atoms with Crippen LogP contribution in [0.15, 0.2) is 0 Å². The van der Waals surface area contributed by atoms with Crippen molar-refractivity contribution in [1.82, 2.24) is 4.72 Å². The lowest BCUT2D eigenvalue weighted by Gasteiger charge is -2.33. The van der Waals surface area contributed by atoms with E-state index in [-0.39, 0.29) is 24.1 Å². The highest BCUT2D eigenvalue weighted by atomic mass is 32.2. The number of carboxylic acid groups (broad SMARTS) is 1. The summed E-state index contributed by atoms with van der Waals surface area (Å²) in [7, 11) is -3.28. The molecule has 18 heavy (non-hydrogen) atoms. The summed E-state index contributed by atoms with van der Waals surface area (Å²) in [6.07, 6.45) is 5.66. The van der Waals surface area contributed by atoms with Gasteiger partial charge >= 0.3 is 5.97 Å². The average molecular weight is 277 g/mol. The van der Waals surface area contributed by atoms with Gasteiger partial charge in [-0.1, -0.05) is 26.2 Å². The van der Waals surface area contributed by atoms with E-state index in [0.29, 0.717) is 6.42 Å². The smallest absolute Gasteiger partial charge is 0.303 e. The van der Waals surface area contributed by atoms with E-state index in [1.165, 1.54) is 6.42 Å². The molecule has 0 aromatic heterocycles. The Labute approximate surface area is 109 Å². The molecule has 0 spiro atoms. The zero-order valence-electron chi connectivity index (χ0n) is 10.9. The van der Waals surface area contributed by atoms with Crippen LogP contribution in [0.2, 0.25) is 0 Å². The van der Waals surface area contributed by atoms with Crippen molar-refractivity contribution >= 4 is 16.0 Å². The van der Waals surface area contributed by atoms with Gasteiger partial charge < -0.3 is 5.11 Å². The maximum absolute atomic E-state index is 11.9. The van der Waals surface area contributed by atoms with Crippen LogP contribution in [0, 0.1) is 5.41 Å². The lowest BCUT2D eigenvalue weighted by molar-refractivity contribution is -0.137. The molecule has 0 saturated heterocycles. The van der Waals surface area contributed by atoms with E-state index in [0.717, 1.165) is 25.7 Å². The second-order valence-corrected chi connectivity index (χ2v) is 7.33. The van der Waals surface area contributed by atoms with Crippen LogP contribution < -0.4 is 4.72 Å². The van der Waals surface area contributed by atoms with Crippen LogP contribution in [0.4, 0.5) is 0 Å². The van der Waals surface area contributed by atoms with Crippen molar-refractivity contribution in [3.63, 3.8) is 0 Å². The molecule has 1 aliphatic carbocycles. The van der Waals surface area contributed by atoms with Crippen molar-refractivity contribution in [3.8, 4) is 0 Å². The van der Waals surface area contributed by atoms with Crippen molar-refractivity contribution in [2.45, 2.75) is 51.9 Å². The van der Waals surface area contributed by atoms with Gasteiger partial charge in [0, 0.05) is 13.0 Å². The Hall–Kier alpha value is -0.620. The minimum atomic E-state index is -3.28. The lowest BCUT2D eigenvalue weighted by atomic mass is 9.77. The van der Waals surface area contributed by atoms with Crippen molar-refractivity contribution in [2.75, 3.05) is 12.3 Å². The van der Waals surface area contributed by atoms with Gasteiger partial charge in [-0.15, -0.1) is 0 Å². The Morgan fingerprint density at radius 2 is 1.89 bits per heavy atom. The summed E-state index contributed by atoms with van der Waals surface area (Å²) in [5.41, 5.74) is -0.114. The number of hydrogen-bond donors (Lipinski definition) is 2. The largest absolute Gasteiger partial charge is 0.481 e. The number of carbonyl (C=O) groups is 1. The molecule has 106 valence electrons. The van der Waals surface area contributed by atoms with E-state index in [1.807, 2.05) is 6.92 Å². The number of aliphatic carboxylic acids is 1. The molecule has 1 fully saturated rings. The number of sulfonamides is 1. The van der Waals surface area contributed by atoms with Gasteiger partial charge in [-0.2, -0.15) is 0 Å². The van der Waals surface area contributed by atoms with E-state index in [9.17, 15) is 13.2 Å². The fraction of sp³-hybridized carbons (Fsp3) is 0.917. The van der Waals surface area contributed by atoms with Crippen molar-refractivity contribution in [2.24, 2.45) is 5.41 Å². The van der Waals surface area contributed by atoms with Gasteiger partial charge in [0.05, 0.1) is 5.75 Å². The molecule has 0 atom stereocenters. The normalized spacial score (nSPS) is 19.6. The SMILES string of the molecule is CC1(CS(=O)(=O)NCCCC(=O)O)CCCCC1. The minimum Gasteiger partial charge on any atom is -0.481 e. The Morgan fingerprint density at radius 3 is 2.44 bits per heavy atom. The third-order valence-corrected chi connectivity index (χ3v) is 5.21. The molecule has 0 bridgehead atoms. The number of carboxylic acids is 1. The lowest BCUT2D eigenvalue weighted by Crippen LogP contribution is -2.36. The Kier molecular flexibility index (Phi) is 5.59. The van der Waals surface area contributed by atoms with E-state index in [2.05, 4.69) is 4.72 Å². The van der Waals surface area contributed by atoms with E-state index in [4.69, 9.17) is 5.11 Å². The number of nitrogens with one attached hydrogen (secondary N) is 1. The Bertz CT molecular complexity index is 372. The molecule has 0 amide bonds. The maximum Gasteiger partial charge on any atom is 0.303 e. The third kappa shape index (κ3) is 5.82. The highest BCUT2D eigenvalue weighted by Gasteiger charge is 2.31. The molecule has 0 radical (unpaired) electrons. The van der Waals surface area contributed by atoms with Gasteiger partial charge in [-0.25, -0.2) is 13.1 Å². The molecule has 2 N–H and O–H groups in total. The quantitative estimate of drug-likeness (QED) is 0.694. The highest BCUT2D eigenvalue weighted by Crippen LogP contribution is 2.36. The van der Waals surface area contributed by atoms with E-state index >= 15 is 0 Å². The van der Waals surface area contributed by atoms with E-state index in [1.54, 1.807) is 0 Å². The first-order valence-corrected chi connectivity index (χ1v) is 8.17. The summed E-state index contributed by atoms with van der Waals surface area (Å²) in [5.74, 6) is -0.735. The van der Waals surface area contributed by atoms with Gasteiger partial charge in [-0.3, -0.25) is 4.79 Å². The van der Waals surface area contributed by atoms with Crippen LogP contribution >= 0.6 is 0 Å². The van der Waals surface area contributed by atoms with Crippen LogP contribution in [0.3, 0.4) is 0 Å². The first-order chi connectivity index (χ1) is 8.33. The number of hydrogen-bond acceptors (Lipinski definition) is 3. The molecule has 6 heteroatoms. The van der Waals surface area contributed by atoms with Gasteiger partial charge in [-0.05, 0) is 24.7 Å². The van der Waals surface area contributed by atoms with Crippen molar-refractivity contribution < 1.29 is 18.3 Å². The van der Waals surface area contributed by atoms with Gasteiger partial charge in [0.2, 0.25) is 10.0 Å². The van der Waals surface area contributed by atoms with Crippen LogP contribution in [-0.4, -0.2) is 31.8 Å². The fourth-order valence-electron chi connectivity index (χ4n) is 2.53. The van der Waals surface area contributed by atoms with Gasteiger partial charge in [0.15, 0.2) is 0 Å². The fourth-order valence-corrected chi connectivity index (χ4v) is 4.29. The molecule has 1 aliphatic rings. The second kappa shape index (κ2) is 6.52. The summed E-state index contributed by atoms with van der Waals surface area (Å²) >= 11 is 0. The van der Waals surface area contributed by atoms with Crippen LogP contribution in [-0.2, 0) is 14.8 Å². The first kappa shape index (κ1) is 15.4. The minimum absolute atomic E-state index is 0.000210. The van der Waals surface area contributed by atoms with Gasteiger partial charge in [0.25, 0.3) is 0 Å². The average Bonchev–Trinajstić information content (AvgIpc) is 2.24. The zero-order chi connectivity index (χ0) is 13.6. The second-order valence-electron chi connectivity index (χ2n) is 5.52. The molecule has 1 saturated carbocycles.